The summed E-state index contributed by atoms with van der Waals surface area (Å²) in [6, 6.07) is 5.22. The summed E-state index contributed by atoms with van der Waals surface area (Å²) in [5, 5.41) is 4.95. The van der Waals surface area contributed by atoms with Crippen molar-refractivity contribution in [1.82, 2.24) is 0 Å². The zero-order chi connectivity index (χ0) is 10.4. The average molecular weight is 232 g/mol. The van der Waals surface area contributed by atoms with Crippen LogP contribution >= 0.6 is 23.2 Å². The summed E-state index contributed by atoms with van der Waals surface area (Å²) in [7, 11) is 0. The molecule has 0 saturated heterocycles. The summed E-state index contributed by atoms with van der Waals surface area (Å²) < 4.78 is 0. The van der Waals surface area contributed by atoms with E-state index in [1.54, 1.807) is 24.4 Å². The second kappa shape index (κ2) is 5.89. The minimum absolute atomic E-state index is 0.571. The van der Waals surface area contributed by atoms with Gasteiger partial charge < -0.3 is 4.84 Å². The lowest BCUT2D eigenvalue weighted by atomic mass is 10.2. The average Bonchev–Trinajstić information content (AvgIpc) is 2.15. The Hall–Kier alpha value is -0.730. The van der Waals surface area contributed by atoms with E-state index in [2.05, 4.69) is 5.16 Å². The van der Waals surface area contributed by atoms with Gasteiger partial charge in [0.05, 0.1) is 11.2 Å². The highest BCUT2D eigenvalue weighted by Gasteiger charge is 1.97. The van der Waals surface area contributed by atoms with Crippen molar-refractivity contribution in [3.63, 3.8) is 0 Å². The van der Waals surface area contributed by atoms with Crippen molar-refractivity contribution in [2.45, 2.75) is 13.3 Å². The van der Waals surface area contributed by atoms with E-state index in [1.807, 2.05) is 6.92 Å². The Labute approximate surface area is 93.5 Å². The Morgan fingerprint density at radius 1 is 1.43 bits per heavy atom. The summed E-state index contributed by atoms with van der Waals surface area (Å²) >= 11 is 11.7. The molecule has 0 spiro atoms. The zero-order valence-electron chi connectivity index (χ0n) is 7.84. The summed E-state index contributed by atoms with van der Waals surface area (Å²) in [4.78, 5) is 4.95. The quantitative estimate of drug-likeness (QED) is 0.440. The van der Waals surface area contributed by atoms with Crippen molar-refractivity contribution < 1.29 is 4.84 Å². The lowest BCUT2D eigenvalue weighted by molar-refractivity contribution is 0.146. The highest BCUT2D eigenvalue weighted by molar-refractivity contribution is 6.36. The van der Waals surface area contributed by atoms with Crippen LogP contribution in [0.1, 0.15) is 18.9 Å². The summed E-state index contributed by atoms with van der Waals surface area (Å²) in [6.45, 7) is 2.63. The van der Waals surface area contributed by atoms with Gasteiger partial charge in [-0.3, -0.25) is 0 Å². The van der Waals surface area contributed by atoms with E-state index in [9.17, 15) is 0 Å². The molecule has 0 atom stereocenters. The number of benzene rings is 1. The number of oxime groups is 1. The van der Waals surface area contributed by atoms with Crippen LogP contribution in [-0.4, -0.2) is 12.8 Å². The summed E-state index contributed by atoms with van der Waals surface area (Å²) in [5.74, 6) is 0. The van der Waals surface area contributed by atoms with Crippen LogP contribution in [0.4, 0.5) is 0 Å². The number of rotatable bonds is 4. The third-order valence-corrected chi connectivity index (χ3v) is 2.09. The molecule has 14 heavy (non-hydrogen) atoms. The molecule has 0 fully saturated rings. The van der Waals surface area contributed by atoms with Crippen molar-refractivity contribution >= 4 is 29.4 Å². The largest absolute Gasteiger partial charge is 0.396 e. The van der Waals surface area contributed by atoms with E-state index in [0.29, 0.717) is 16.7 Å². The molecule has 2 nitrogen and oxygen atoms in total. The molecular formula is C10H11Cl2NO. The SMILES string of the molecule is CCCO/N=C/c1ccc(Cl)cc1Cl. The van der Waals surface area contributed by atoms with Crippen LogP contribution in [0.3, 0.4) is 0 Å². The fourth-order valence-electron chi connectivity index (χ4n) is 0.844. The first-order valence-corrected chi connectivity index (χ1v) is 5.10. The molecule has 1 aromatic rings. The van der Waals surface area contributed by atoms with Gasteiger partial charge in [0, 0.05) is 10.6 Å². The highest BCUT2D eigenvalue weighted by Crippen LogP contribution is 2.19. The van der Waals surface area contributed by atoms with Gasteiger partial charge in [0.15, 0.2) is 0 Å². The molecule has 0 N–H and O–H groups in total. The van der Waals surface area contributed by atoms with E-state index in [-0.39, 0.29) is 0 Å². The maximum atomic E-state index is 5.91. The highest BCUT2D eigenvalue weighted by atomic mass is 35.5. The molecule has 0 aromatic heterocycles. The number of halogens is 2. The van der Waals surface area contributed by atoms with Gasteiger partial charge in [-0.1, -0.05) is 41.3 Å². The van der Waals surface area contributed by atoms with Gasteiger partial charge in [0.2, 0.25) is 0 Å². The lowest BCUT2D eigenvalue weighted by Gasteiger charge is -1.98. The third-order valence-electron chi connectivity index (χ3n) is 1.52. The van der Waals surface area contributed by atoms with Gasteiger partial charge >= 0.3 is 0 Å². The van der Waals surface area contributed by atoms with Crippen molar-refractivity contribution in [3.8, 4) is 0 Å². The smallest absolute Gasteiger partial charge is 0.116 e. The van der Waals surface area contributed by atoms with Gasteiger partial charge in [-0.25, -0.2) is 0 Å². The van der Waals surface area contributed by atoms with Crippen molar-refractivity contribution in [2.75, 3.05) is 6.61 Å². The van der Waals surface area contributed by atoms with E-state index in [1.165, 1.54) is 0 Å². The number of hydrogen-bond donors (Lipinski definition) is 0. The van der Waals surface area contributed by atoms with Crippen LogP contribution in [0.5, 0.6) is 0 Å². The second-order valence-electron chi connectivity index (χ2n) is 2.73. The van der Waals surface area contributed by atoms with E-state index >= 15 is 0 Å². The lowest BCUT2D eigenvalue weighted by Crippen LogP contribution is -1.87. The Balaban J connectivity index is 2.62. The fourth-order valence-corrected chi connectivity index (χ4v) is 1.30. The molecule has 4 heteroatoms. The predicted molar refractivity (Wildman–Crippen MR) is 60.3 cm³/mol. The number of hydrogen-bond acceptors (Lipinski definition) is 2. The maximum Gasteiger partial charge on any atom is 0.116 e. The first-order chi connectivity index (χ1) is 6.74. The van der Waals surface area contributed by atoms with Crippen molar-refractivity contribution in [2.24, 2.45) is 5.16 Å². The Kier molecular flexibility index (Phi) is 4.77. The Morgan fingerprint density at radius 2 is 2.21 bits per heavy atom. The monoisotopic (exact) mass is 231 g/mol. The molecule has 0 heterocycles. The minimum Gasteiger partial charge on any atom is -0.396 e. The van der Waals surface area contributed by atoms with E-state index < -0.39 is 0 Å². The molecular weight excluding hydrogens is 221 g/mol. The zero-order valence-corrected chi connectivity index (χ0v) is 9.35. The van der Waals surface area contributed by atoms with Crippen LogP contribution in [0.2, 0.25) is 10.0 Å². The van der Waals surface area contributed by atoms with Gasteiger partial charge in [-0.15, -0.1) is 0 Å². The van der Waals surface area contributed by atoms with Crippen LogP contribution in [-0.2, 0) is 4.84 Å². The molecule has 0 unspecified atom stereocenters. The molecule has 0 bridgehead atoms. The van der Waals surface area contributed by atoms with Gasteiger partial charge in [0.25, 0.3) is 0 Å². The Bertz CT molecular complexity index is 326. The maximum absolute atomic E-state index is 5.91. The van der Waals surface area contributed by atoms with Gasteiger partial charge in [0.1, 0.15) is 6.61 Å². The molecule has 0 saturated carbocycles. The standard InChI is InChI=1S/C10H11Cl2NO/c1-2-5-14-13-7-8-3-4-9(11)6-10(8)12/h3-4,6-7H,2,5H2,1H3/b13-7+. The van der Waals surface area contributed by atoms with Crippen molar-refractivity contribution in [1.29, 1.82) is 0 Å². The minimum atomic E-state index is 0.571. The van der Waals surface area contributed by atoms with Gasteiger partial charge in [-0.05, 0) is 18.6 Å². The van der Waals surface area contributed by atoms with E-state index in [4.69, 9.17) is 28.0 Å². The normalized spacial score (nSPS) is 10.8. The van der Waals surface area contributed by atoms with Crippen LogP contribution < -0.4 is 0 Å². The first-order valence-electron chi connectivity index (χ1n) is 4.34. The molecule has 0 aliphatic rings. The molecule has 0 aliphatic heterocycles. The molecule has 0 amide bonds. The van der Waals surface area contributed by atoms with Crippen LogP contribution in [0, 0.1) is 0 Å². The fraction of sp³-hybridized carbons (Fsp3) is 0.300. The third kappa shape index (κ3) is 3.56. The topological polar surface area (TPSA) is 21.6 Å². The number of nitrogens with zero attached hydrogens (tertiary/aromatic N) is 1. The second-order valence-corrected chi connectivity index (χ2v) is 3.58. The Morgan fingerprint density at radius 3 is 2.86 bits per heavy atom. The predicted octanol–water partition coefficient (Wildman–Crippen LogP) is 3.75. The summed E-state index contributed by atoms with van der Waals surface area (Å²) in [6.07, 6.45) is 2.51. The van der Waals surface area contributed by atoms with Crippen molar-refractivity contribution in [3.05, 3.63) is 33.8 Å². The first kappa shape index (κ1) is 11.3. The molecule has 76 valence electrons. The van der Waals surface area contributed by atoms with Crippen LogP contribution in [0.15, 0.2) is 23.4 Å². The molecule has 0 aliphatic carbocycles. The molecule has 1 aromatic carbocycles. The molecule has 1 rings (SSSR count). The van der Waals surface area contributed by atoms with Crippen LogP contribution in [0.25, 0.3) is 0 Å². The van der Waals surface area contributed by atoms with Gasteiger partial charge in [-0.2, -0.15) is 0 Å². The summed E-state index contributed by atoms with van der Waals surface area (Å²) in [5.41, 5.74) is 0.798. The molecule has 0 radical (unpaired) electrons. The van der Waals surface area contributed by atoms with E-state index in [0.717, 1.165) is 12.0 Å².